The summed E-state index contributed by atoms with van der Waals surface area (Å²) in [5, 5.41) is 16.6. The Morgan fingerprint density at radius 3 is 3.00 bits per heavy atom. The van der Waals surface area contributed by atoms with Crippen LogP contribution in [0.15, 0.2) is 0 Å². The van der Waals surface area contributed by atoms with Crippen LogP contribution in [0.4, 0.5) is 0 Å². The Kier molecular flexibility index (Phi) is 3.01. The van der Waals surface area contributed by atoms with Crippen molar-refractivity contribution in [3.63, 3.8) is 0 Å². The molecule has 2 aliphatic carbocycles. The fraction of sp³-hybridized carbons (Fsp3) is 0.833. The molecule has 1 aromatic rings. The molecule has 0 spiro atoms. The average Bonchev–Trinajstić information content (AvgIpc) is 3.06. The molecule has 18 heavy (non-hydrogen) atoms. The van der Waals surface area contributed by atoms with Gasteiger partial charge in [-0.2, -0.15) is 5.21 Å². The zero-order valence-corrected chi connectivity index (χ0v) is 10.6. The van der Waals surface area contributed by atoms with Crippen molar-refractivity contribution in [2.45, 2.75) is 45.1 Å². The topological polar surface area (TPSA) is 83.6 Å². The van der Waals surface area contributed by atoms with Gasteiger partial charge in [-0.3, -0.25) is 4.79 Å². The standard InChI is InChI=1S/C12H19N5O/c1-7(12-14-16-17-15-12)13-11(18)6-10-5-8-2-3-9(10)4-8/h7-10H,2-6H2,1H3,(H,13,18)(H,14,15,16,17). The first-order valence-electron chi connectivity index (χ1n) is 6.75. The van der Waals surface area contributed by atoms with Crippen LogP contribution < -0.4 is 5.32 Å². The third-order valence-corrected chi connectivity index (χ3v) is 4.46. The van der Waals surface area contributed by atoms with Gasteiger partial charge in [0.05, 0.1) is 6.04 Å². The van der Waals surface area contributed by atoms with Gasteiger partial charge in [-0.05, 0) is 43.9 Å². The minimum atomic E-state index is -0.171. The lowest BCUT2D eigenvalue weighted by Gasteiger charge is -2.21. The smallest absolute Gasteiger partial charge is 0.220 e. The van der Waals surface area contributed by atoms with Crippen LogP contribution >= 0.6 is 0 Å². The SMILES string of the molecule is CC(NC(=O)CC1CC2CCC1C2)c1nn[nH]n1. The van der Waals surface area contributed by atoms with E-state index in [9.17, 15) is 4.79 Å². The Morgan fingerprint density at radius 1 is 1.50 bits per heavy atom. The molecule has 98 valence electrons. The van der Waals surface area contributed by atoms with Crippen LogP contribution in [0.3, 0.4) is 0 Å². The van der Waals surface area contributed by atoms with E-state index < -0.39 is 0 Å². The summed E-state index contributed by atoms with van der Waals surface area (Å²) in [6.45, 7) is 1.88. The molecule has 1 aromatic heterocycles. The summed E-state index contributed by atoms with van der Waals surface area (Å²) in [5.41, 5.74) is 0. The highest BCUT2D eigenvalue weighted by Crippen LogP contribution is 2.49. The number of aromatic amines is 1. The number of amides is 1. The van der Waals surface area contributed by atoms with Gasteiger partial charge in [0.2, 0.25) is 5.91 Å². The number of nitrogens with one attached hydrogen (secondary N) is 2. The van der Waals surface area contributed by atoms with E-state index in [1.165, 1.54) is 25.7 Å². The second kappa shape index (κ2) is 4.66. The zero-order valence-electron chi connectivity index (χ0n) is 10.6. The minimum Gasteiger partial charge on any atom is -0.346 e. The van der Waals surface area contributed by atoms with Crippen LogP contribution in [0.1, 0.15) is 50.9 Å². The summed E-state index contributed by atoms with van der Waals surface area (Å²) in [5.74, 6) is 2.94. The molecule has 3 rings (SSSR count). The Labute approximate surface area is 106 Å². The summed E-state index contributed by atoms with van der Waals surface area (Å²) in [6, 6.07) is -0.171. The van der Waals surface area contributed by atoms with E-state index in [0.717, 1.165) is 11.8 Å². The van der Waals surface area contributed by atoms with Crippen LogP contribution in [0.5, 0.6) is 0 Å². The number of carbonyl (C=O) groups excluding carboxylic acids is 1. The lowest BCUT2D eigenvalue weighted by atomic mass is 9.86. The summed E-state index contributed by atoms with van der Waals surface area (Å²) in [6.07, 6.45) is 5.95. The van der Waals surface area contributed by atoms with E-state index in [-0.39, 0.29) is 11.9 Å². The van der Waals surface area contributed by atoms with Gasteiger partial charge in [-0.1, -0.05) is 11.6 Å². The zero-order chi connectivity index (χ0) is 12.5. The molecule has 1 amide bonds. The minimum absolute atomic E-state index is 0.116. The molecular formula is C12H19N5O. The van der Waals surface area contributed by atoms with Crippen LogP contribution in [-0.4, -0.2) is 26.5 Å². The first-order valence-corrected chi connectivity index (χ1v) is 6.75. The van der Waals surface area contributed by atoms with Gasteiger partial charge < -0.3 is 5.32 Å². The van der Waals surface area contributed by atoms with Crippen LogP contribution in [0.25, 0.3) is 0 Å². The molecule has 2 fully saturated rings. The summed E-state index contributed by atoms with van der Waals surface area (Å²) < 4.78 is 0. The molecule has 6 nitrogen and oxygen atoms in total. The van der Waals surface area contributed by atoms with Crippen LogP contribution in [0.2, 0.25) is 0 Å². The van der Waals surface area contributed by atoms with Gasteiger partial charge in [0.15, 0.2) is 5.82 Å². The van der Waals surface area contributed by atoms with E-state index >= 15 is 0 Å². The monoisotopic (exact) mass is 249 g/mol. The number of carbonyl (C=O) groups is 1. The molecular weight excluding hydrogens is 230 g/mol. The molecule has 6 heteroatoms. The molecule has 4 unspecified atom stereocenters. The number of hydrogen-bond donors (Lipinski definition) is 2. The van der Waals surface area contributed by atoms with Gasteiger partial charge in [0, 0.05) is 6.42 Å². The first kappa shape index (κ1) is 11.6. The van der Waals surface area contributed by atoms with Gasteiger partial charge >= 0.3 is 0 Å². The Balaban J connectivity index is 1.50. The van der Waals surface area contributed by atoms with Crippen molar-refractivity contribution >= 4 is 5.91 Å². The Hall–Kier alpha value is -1.46. The van der Waals surface area contributed by atoms with Gasteiger partial charge in [0.1, 0.15) is 0 Å². The third-order valence-electron chi connectivity index (χ3n) is 4.46. The molecule has 0 aliphatic heterocycles. The summed E-state index contributed by atoms with van der Waals surface area (Å²) in [4.78, 5) is 12.0. The highest BCUT2D eigenvalue weighted by Gasteiger charge is 2.40. The summed E-state index contributed by atoms with van der Waals surface area (Å²) >= 11 is 0. The van der Waals surface area contributed by atoms with E-state index in [1.807, 2.05) is 6.92 Å². The second-order valence-electron chi connectivity index (χ2n) is 5.70. The lowest BCUT2D eigenvalue weighted by Crippen LogP contribution is -2.30. The fourth-order valence-corrected chi connectivity index (χ4v) is 3.58. The number of H-pyrrole nitrogens is 1. The van der Waals surface area contributed by atoms with Crippen molar-refractivity contribution < 1.29 is 4.79 Å². The quantitative estimate of drug-likeness (QED) is 0.840. The molecule has 2 saturated carbocycles. The van der Waals surface area contributed by atoms with Crippen molar-refractivity contribution in [2.24, 2.45) is 17.8 Å². The maximum absolute atomic E-state index is 12.0. The van der Waals surface area contributed by atoms with E-state index in [0.29, 0.717) is 18.2 Å². The van der Waals surface area contributed by atoms with E-state index in [1.54, 1.807) is 0 Å². The summed E-state index contributed by atoms with van der Waals surface area (Å²) in [7, 11) is 0. The van der Waals surface area contributed by atoms with Crippen molar-refractivity contribution in [1.29, 1.82) is 0 Å². The van der Waals surface area contributed by atoms with Crippen molar-refractivity contribution in [3.05, 3.63) is 5.82 Å². The fourth-order valence-electron chi connectivity index (χ4n) is 3.58. The maximum atomic E-state index is 12.0. The second-order valence-corrected chi connectivity index (χ2v) is 5.70. The Morgan fingerprint density at radius 2 is 2.39 bits per heavy atom. The third kappa shape index (κ3) is 2.23. The normalized spacial score (nSPS) is 31.5. The average molecular weight is 249 g/mol. The number of aromatic nitrogens is 4. The van der Waals surface area contributed by atoms with E-state index in [4.69, 9.17) is 0 Å². The number of tetrazole rings is 1. The van der Waals surface area contributed by atoms with Crippen LogP contribution in [-0.2, 0) is 4.79 Å². The van der Waals surface area contributed by atoms with Gasteiger partial charge in [0.25, 0.3) is 0 Å². The largest absolute Gasteiger partial charge is 0.346 e. The maximum Gasteiger partial charge on any atom is 0.220 e. The van der Waals surface area contributed by atoms with Gasteiger partial charge in [-0.25, -0.2) is 0 Å². The highest BCUT2D eigenvalue weighted by molar-refractivity contribution is 5.76. The predicted octanol–water partition coefficient (Wildman–Crippen LogP) is 1.20. The number of hydrogen-bond acceptors (Lipinski definition) is 4. The van der Waals surface area contributed by atoms with Crippen molar-refractivity contribution in [1.82, 2.24) is 25.9 Å². The lowest BCUT2D eigenvalue weighted by molar-refractivity contribution is -0.123. The Bertz CT molecular complexity index is 418. The molecule has 0 radical (unpaired) electrons. The van der Waals surface area contributed by atoms with Crippen LogP contribution in [0, 0.1) is 17.8 Å². The molecule has 2 N–H and O–H groups in total. The number of fused-ring (bicyclic) bond motifs is 2. The molecule has 1 heterocycles. The molecule has 2 aliphatic rings. The molecule has 0 saturated heterocycles. The number of nitrogens with zero attached hydrogens (tertiary/aromatic N) is 3. The highest BCUT2D eigenvalue weighted by atomic mass is 16.1. The van der Waals surface area contributed by atoms with Gasteiger partial charge in [-0.15, -0.1) is 10.2 Å². The molecule has 0 aromatic carbocycles. The number of rotatable bonds is 4. The molecule has 2 bridgehead atoms. The first-order chi connectivity index (χ1) is 8.72. The van der Waals surface area contributed by atoms with E-state index in [2.05, 4.69) is 25.9 Å². The van der Waals surface area contributed by atoms with Crippen molar-refractivity contribution in [3.8, 4) is 0 Å². The molecule has 4 atom stereocenters. The van der Waals surface area contributed by atoms with Crippen molar-refractivity contribution in [2.75, 3.05) is 0 Å². The predicted molar refractivity (Wildman–Crippen MR) is 64.3 cm³/mol.